The van der Waals surface area contributed by atoms with E-state index in [2.05, 4.69) is 0 Å². The number of hydrogen-bond acceptors (Lipinski definition) is 2. The summed E-state index contributed by atoms with van der Waals surface area (Å²) in [6.45, 7) is 3.43. The molecule has 0 N–H and O–H groups in total. The molecular formula is C16H21FN2O2. The van der Waals surface area contributed by atoms with E-state index in [1.807, 2.05) is 4.90 Å². The van der Waals surface area contributed by atoms with Crippen molar-refractivity contribution in [3.05, 3.63) is 35.6 Å². The molecule has 1 aliphatic rings. The van der Waals surface area contributed by atoms with Crippen molar-refractivity contribution in [2.45, 2.75) is 32.7 Å². The molecule has 0 unspecified atom stereocenters. The van der Waals surface area contributed by atoms with Crippen molar-refractivity contribution in [1.29, 1.82) is 0 Å². The van der Waals surface area contributed by atoms with Crippen molar-refractivity contribution in [2.24, 2.45) is 0 Å². The van der Waals surface area contributed by atoms with Gasteiger partial charge >= 0.3 is 0 Å². The second-order valence-electron chi connectivity index (χ2n) is 5.44. The van der Waals surface area contributed by atoms with Crippen molar-refractivity contribution in [3.8, 4) is 0 Å². The monoisotopic (exact) mass is 292 g/mol. The number of halogens is 1. The molecule has 0 aromatic heterocycles. The Hall–Kier alpha value is -1.91. The van der Waals surface area contributed by atoms with Gasteiger partial charge in [0.1, 0.15) is 12.4 Å². The maximum absolute atomic E-state index is 12.9. The zero-order valence-corrected chi connectivity index (χ0v) is 12.3. The largest absolute Gasteiger partial charge is 0.341 e. The number of carbonyl (C=O) groups excluding carboxylic acids is 2. The molecule has 1 aliphatic heterocycles. The van der Waals surface area contributed by atoms with Crippen molar-refractivity contribution in [2.75, 3.05) is 19.6 Å². The van der Waals surface area contributed by atoms with Gasteiger partial charge in [0, 0.05) is 26.6 Å². The van der Waals surface area contributed by atoms with E-state index >= 15 is 0 Å². The lowest BCUT2D eigenvalue weighted by Gasteiger charge is -2.29. The fraction of sp³-hybridized carbons (Fsp3) is 0.500. The van der Waals surface area contributed by atoms with Crippen LogP contribution in [0.25, 0.3) is 0 Å². The van der Waals surface area contributed by atoms with Crippen molar-refractivity contribution >= 4 is 11.8 Å². The van der Waals surface area contributed by atoms with Gasteiger partial charge in [0.05, 0.1) is 0 Å². The Kier molecular flexibility index (Phi) is 5.31. The minimum Gasteiger partial charge on any atom is -0.341 e. The summed E-state index contributed by atoms with van der Waals surface area (Å²) >= 11 is 0. The molecule has 0 radical (unpaired) electrons. The van der Waals surface area contributed by atoms with E-state index in [4.69, 9.17) is 0 Å². The molecular weight excluding hydrogens is 271 g/mol. The van der Waals surface area contributed by atoms with Gasteiger partial charge in [-0.2, -0.15) is 0 Å². The van der Waals surface area contributed by atoms with Gasteiger partial charge in [0.15, 0.2) is 0 Å². The molecule has 1 aromatic carbocycles. The van der Waals surface area contributed by atoms with Crippen molar-refractivity contribution < 1.29 is 14.0 Å². The van der Waals surface area contributed by atoms with Gasteiger partial charge in [-0.3, -0.25) is 9.59 Å². The van der Waals surface area contributed by atoms with Crippen LogP contribution in [0.4, 0.5) is 4.39 Å². The third-order valence-corrected chi connectivity index (χ3v) is 3.77. The standard InChI is InChI=1S/C16H21FN2O2/c1-13(20)19(11-14-5-7-15(17)8-6-14)12-16(21)18-9-3-2-4-10-18/h5-8H,2-4,9-12H2,1H3. The van der Waals surface area contributed by atoms with E-state index in [0.29, 0.717) is 6.54 Å². The van der Waals surface area contributed by atoms with Crippen LogP contribution in [0.15, 0.2) is 24.3 Å². The lowest BCUT2D eigenvalue weighted by molar-refractivity contribution is -0.140. The summed E-state index contributed by atoms with van der Waals surface area (Å²) in [7, 11) is 0. The Morgan fingerprint density at radius 1 is 1.14 bits per heavy atom. The van der Waals surface area contributed by atoms with E-state index < -0.39 is 0 Å². The number of nitrogens with zero attached hydrogens (tertiary/aromatic N) is 2. The van der Waals surface area contributed by atoms with E-state index in [9.17, 15) is 14.0 Å². The second-order valence-corrected chi connectivity index (χ2v) is 5.44. The first-order valence-electron chi connectivity index (χ1n) is 7.34. The molecule has 0 atom stereocenters. The summed E-state index contributed by atoms with van der Waals surface area (Å²) < 4.78 is 12.9. The van der Waals surface area contributed by atoms with Gasteiger partial charge in [-0.1, -0.05) is 12.1 Å². The quantitative estimate of drug-likeness (QED) is 0.853. The van der Waals surface area contributed by atoms with Crippen LogP contribution in [0, 0.1) is 5.82 Å². The molecule has 1 aromatic rings. The van der Waals surface area contributed by atoms with Crippen molar-refractivity contribution in [1.82, 2.24) is 9.80 Å². The molecule has 0 spiro atoms. The first kappa shape index (κ1) is 15.5. The van der Waals surface area contributed by atoms with E-state index in [0.717, 1.165) is 37.9 Å². The summed E-state index contributed by atoms with van der Waals surface area (Å²) in [4.78, 5) is 27.3. The van der Waals surface area contributed by atoms with Crippen LogP contribution in [0.3, 0.4) is 0 Å². The number of amides is 2. The highest BCUT2D eigenvalue weighted by Crippen LogP contribution is 2.11. The van der Waals surface area contributed by atoms with E-state index in [1.165, 1.54) is 24.0 Å². The summed E-state index contributed by atoms with van der Waals surface area (Å²) in [5.74, 6) is -0.464. The number of benzene rings is 1. The van der Waals surface area contributed by atoms with Crippen LogP contribution in [0.1, 0.15) is 31.7 Å². The summed E-state index contributed by atoms with van der Waals surface area (Å²) in [5, 5.41) is 0. The highest BCUT2D eigenvalue weighted by molar-refractivity contribution is 5.83. The highest BCUT2D eigenvalue weighted by atomic mass is 19.1. The molecule has 2 amide bonds. The molecule has 2 rings (SSSR count). The SMILES string of the molecule is CC(=O)N(CC(=O)N1CCCCC1)Cc1ccc(F)cc1. The molecule has 1 saturated heterocycles. The zero-order valence-electron chi connectivity index (χ0n) is 12.3. The summed E-state index contributed by atoms with van der Waals surface area (Å²) in [6, 6.07) is 5.99. The number of likely N-dealkylation sites (tertiary alicyclic amines) is 1. The number of piperidine rings is 1. The Morgan fingerprint density at radius 3 is 2.33 bits per heavy atom. The third kappa shape index (κ3) is 4.55. The first-order chi connectivity index (χ1) is 10.1. The van der Waals surface area contributed by atoms with Gasteiger partial charge in [-0.05, 0) is 37.0 Å². The topological polar surface area (TPSA) is 40.6 Å². The zero-order chi connectivity index (χ0) is 15.2. The number of carbonyl (C=O) groups is 2. The molecule has 0 saturated carbocycles. The fourth-order valence-electron chi connectivity index (χ4n) is 2.50. The predicted molar refractivity (Wildman–Crippen MR) is 77.9 cm³/mol. The van der Waals surface area contributed by atoms with Gasteiger partial charge in [0.25, 0.3) is 0 Å². The lowest BCUT2D eigenvalue weighted by atomic mass is 10.1. The Morgan fingerprint density at radius 2 is 1.76 bits per heavy atom. The predicted octanol–water partition coefficient (Wildman–Crippen LogP) is 2.19. The number of rotatable bonds is 4. The molecule has 4 nitrogen and oxygen atoms in total. The summed E-state index contributed by atoms with van der Waals surface area (Å²) in [6.07, 6.45) is 3.23. The van der Waals surface area contributed by atoms with Crippen LogP contribution in [-0.2, 0) is 16.1 Å². The van der Waals surface area contributed by atoms with E-state index in [-0.39, 0.29) is 24.2 Å². The molecule has 0 bridgehead atoms. The first-order valence-corrected chi connectivity index (χ1v) is 7.34. The van der Waals surface area contributed by atoms with Crippen LogP contribution < -0.4 is 0 Å². The van der Waals surface area contributed by atoms with E-state index in [1.54, 1.807) is 12.1 Å². The average Bonchev–Trinajstić information content (AvgIpc) is 2.49. The molecule has 5 heteroatoms. The van der Waals surface area contributed by atoms with Gasteiger partial charge in [-0.25, -0.2) is 4.39 Å². The Balaban J connectivity index is 1.96. The smallest absolute Gasteiger partial charge is 0.242 e. The Labute approximate surface area is 124 Å². The maximum atomic E-state index is 12.9. The van der Waals surface area contributed by atoms with Crippen LogP contribution in [0.2, 0.25) is 0 Å². The number of hydrogen-bond donors (Lipinski definition) is 0. The minimum absolute atomic E-state index is 0.00740. The molecule has 1 heterocycles. The summed E-state index contributed by atoms with van der Waals surface area (Å²) in [5.41, 5.74) is 0.818. The van der Waals surface area contributed by atoms with Gasteiger partial charge in [0.2, 0.25) is 11.8 Å². The van der Waals surface area contributed by atoms with Gasteiger partial charge in [-0.15, -0.1) is 0 Å². The maximum Gasteiger partial charge on any atom is 0.242 e. The normalized spacial score (nSPS) is 14.9. The fourth-order valence-corrected chi connectivity index (χ4v) is 2.50. The van der Waals surface area contributed by atoms with Crippen LogP contribution in [0.5, 0.6) is 0 Å². The molecule has 1 fully saturated rings. The van der Waals surface area contributed by atoms with Crippen LogP contribution in [-0.4, -0.2) is 41.2 Å². The molecule has 114 valence electrons. The van der Waals surface area contributed by atoms with Crippen molar-refractivity contribution in [3.63, 3.8) is 0 Å². The highest BCUT2D eigenvalue weighted by Gasteiger charge is 2.20. The molecule has 0 aliphatic carbocycles. The average molecular weight is 292 g/mol. The third-order valence-electron chi connectivity index (χ3n) is 3.77. The molecule has 21 heavy (non-hydrogen) atoms. The lowest BCUT2D eigenvalue weighted by Crippen LogP contribution is -2.43. The minimum atomic E-state index is -0.308. The van der Waals surface area contributed by atoms with Crippen LogP contribution >= 0.6 is 0 Å². The second kappa shape index (κ2) is 7.20. The van der Waals surface area contributed by atoms with Gasteiger partial charge < -0.3 is 9.80 Å². The Bertz CT molecular complexity index is 496.